The van der Waals surface area contributed by atoms with Crippen LogP contribution in [0, 0.1) is 0 Å². The average Bonchev–Trinajstić information content (AvgIpc) is 2.83. The van der Waals surface area contributed by atoms with Crippen molar-refractivity contribution in [3.05, 3.63) is 42.2 Å². The van der Waals surface area contributed by atoms with Crippen LogP contribution in [0.4, 0.5) is 0 Å². The molecule has 0 aliphatic heterocycles. The number of carboxylic acid groups (broad SMARTS) is 1. The van der Waals surface area contributed by atoms with Crippen molar-refractivity contribution in [1.29, 1.82) is 0 Å². The zero-order valence-corrected chi connectivity index (χ0v) is 11.3. The molecule has 0 saturated carbocycles. The molecular weight excluding hydrogens is 266 g/mol. The van der Waals surface area contributed by atoms with Gasteiger partial charge in [-0.25, -0.2) is 4.98 Å². The number of nitrogens with two attached hydrogens (primary N) is 1. The third-order valence-corrected chi connectivity index (χ3v) is 2.79. The Balaban J connectivity index is 0.00000180. The average molecular weight is 282 g/mol. The van der Waals surface area contributed by atoms with Gasteiger partial charge in [0.2, 0.25) is 0 Å². The summed E-state index contributed by atoms with van der Waals surface area (Å²) in [7, 11) is 0. The molecular formula is C13H16ClN3O2. The third-order valence-electron chi connectivity index (χ3n) is 2.79. The number of aliphatic carboxylic acids is 1. The van der Waals surface area contributed by atoms with E-state index in [0.29, 0.717) is 6.42 Å². The van der Waals surface area contributed by atoms with E-state index in [1.54, 1.807) is 12.4 Å². The number of imidazole rings is 1. The predicted octanol–water partition coefficient (Wildman–Crippen LogP) is 1.84. The first-order chi connectivity index (χ1) is 8.49. The summed E-state index contributed by atoms with van der Waals surface area (Å²) >= 11 is 0. The van der Waals surface area contributed by atoms with E-state index in [1.807, 2.05) is 24.3 Å². The van der Waals surface area contributed by atoms with Gasteiger partial charge in [-0.3, -0.25) is 4.79 Å². The maximum Gasteiger partial charge on any atom is 0.323 e. The highest BCUT2D eigenvalue weighted by Gasteiger charge is 2.27. The van der Waals surface area contributed by atoms with E-state index in [0.717, 1.165) is 17.0 Å². The van der Waals surface area contributed by atoms with Gasteiger partial charge in [-0.15, -0.1) is 12.4 Å². The number of aromatic amines is 1. The molecule has 0 radical (unpaired) electrons. The first-order valence-corrected chi connectivity index (χ1v) is 5.60. The Kier molecular flexibility index (Phi) is 4.69. The number of nitrogens with one attached hydrogen (secondary N) is 1. The highest BCUT2D eigenvalue weighted by molar-refractivity contribution is 5.85. The molecule has 0 amide bonds. The fourth-order valence-corrected chi connectivity index (χ4v) is 1.70. The number of nitrogens with zero attached hydrogens (tertiary/aromatic N) is 1. The van der Waals surface area contributed by atoms with Gasteiger partial charge in [0.25, 0.3) is 0 Å². The predicted molar refractivity (Wildman–Crippen MR) is 75.2 cm³/mol. The first-order valence-electron chi connectivity index (χ1n) is 5.60. The van der Waals surface area contributed by atoms with Crippen molar-refractivity contribution in [1.82, 2.24) is 9.97 Å². The summed E-state index contributed by atoms with van der Waals surface area (Å²) in [5, 5.41) is 8.97. The fourth-order valence-electron chi connectivity index (χ4n) is 1.70. The van der Waals surface area contributed by atoms with Crippen LogP contribution in [-0.4, -0.2) is 26.6 Å². The number of hydrogen-bond acceptors (Lipinski definition) is 3. The SMILES string of the molecule is C[C@@](N)(Cc1ccc(-c2ncc[nH]2)cc1)C(=O)O.Cl. The molecule has 1 aromatic heterocycles. The normalized spacial score (nSPS) is 13.4. The van der Waals surface area contributed by atoms with Gasteiger partial charge >= 0.3 is 5.97 Å². The number of carboxylic acids is 1. The summed E-state index contributed by atoms with van der Waals surface area (Å²) in [6.45, 7) is 1.51. The smallest absolute Gasteiger partial charge is 0.323 e. The van der Waals surface area contributed by atoms with Crippen molar-refractivity contribution < 1.29 is 9.90 Å². The molecule has 0 aliphatic rings. The number of hydrogen-bond donors (Lipinski definition) is 3. The molecule has 19 heavy (non-hydrogen) atoms. The number of benzene rings is 1. The van der Waals surface area contributed by atoms with Crippen molar-refractivity contribution in [3.8, 4) is 11.4 Å². The maximum absolute atomic E-state index is 10.9. The lowest BCUT2D eigenvalue weighted by Crippen LogP contribution is -2.46. The van der Waals surface area contributed by atoms with Crippen molar-refractivity contribution >= 4 is 18.4 Å². The molecule has 0 bridgehead atoms. The van der Waals surface area contributed by atoms with E-state index in [-0.39, 0.29) is 12.4 Å². The van der Waals surface area contributed by atoms with Crippen LogP contribution in [0.3, 0.4) is 0 Å². The summed E-state index contributed by atoms with van der Waals surface area (Å²) < 4.78 is 0. The molecule has 4 N–H and O–H groups in total. The zero-order chi connectivity index (χ0) is 13.2. The Hall–Kier alpha value is -1.85. The molecule has 0 aliphatic carbocycles. The minimum Gasteiger partial charge on any atom is -0.480 e. The van der Waals surface area contributed by atoms with Crippen LogP contribution < -0.4 is 5.73 Å². The second-order valence-electron chi connectivity index (χ2n) is 4.53. The van der Waals surface area contributed by atoms with E-state index in [1.165, 1.54) is 6.92 Å². The number of H-pyrrole nitrogens is 1. The molecule has 1 heterocycles. The third kappa shape index (κ3) is 3.56. The van der Waals surface area contributed by atoms with Crippen LogP contribution in [0.1, 0.15) is 12.5 Å². The van der Waals surface area contributed by atoms with Gasteiger partial charge in [-0.1, -0.05) is 24.3 Å². The van der Waals surface area contributed by atoms with E-state index in [4.69, 9.17) is 10.8 Å². The van der Waals surface area contributed by atoms with Crippen molar-refractivity contribution in [2.75, 3.05) is 0 Å². The molecule has 0 saturated heterocycles. The second kappa shape index (κ2) is 5.86. The first kappa shape index (κ1) is 15.2. The maximum atomic E-state index is 10.9. The Morgan fingerprint density at radius 1 is 1.42 bits per heavy atom. The van der Waals surface area contributed by atoms with Crippen molar-refractivity contribution in [2.45, 2.75) is 18.9 Å². The van der Waals surface area contributed by atoms with E-state index < -0.39 is 11.5 Å². The fraction of sp³-hybridized carbons (Fsp3) is 0.231. The standard InChI is InChI=1S/C13H15N3O2.ClH/c1-13(14,12(17)18)8-9-2-4-10(5-3-9)11-15-6-7-16-11;/h2-7H,8,14H2,1H3,(H,15,16)(H,17,18);1H/t13-;/m1./s1. The summed E-state index contributed by atoms with van der Waals surface area (Å²) in [5.41, 5.74) is 6.31. The number of halogens is 1. The Bertz CT molecular complexity index is 536. The molecule has 102 valence electrons. The Morgan fingerprint density at radius 2 is 2.05 bits per heavy atom. The summed E-state index contributed by atoms with van der Waals surface area (Å²) in [4.78, 5) is 18.1. The molecule has 2 aromatic rings. The molecule has 6 heteroatoms. The van der Waals surface area contributed by atoms with Crippen LogP contribution in [0.15, 0.2) is 36.7 Å². The van der Waals surface area contributed by atoms with Crippen LogP contribution >= 0.6 is 12.4 Å². The van der Waals surface area contributed by atoms with Crippen LogP contribution in [0.25, 0.3) is 11.4 Å². The van der Waals surface area contributed by atoms with Crippen molar-refractivity contribution in [3.63, 3.8) is 0 Å². The lowest BCUT2D eigenvalue weighted by atomic mass is 9.93. The quantitative estimate of drug-likeness (QED) is 0.797. The van der Waals surface area contributed by atoms with Gasteiger partial charge in [0, 0.05) is 24.4 Å². The molecule has 2 rings (SSSR count). The van der Waals surface area contributed by atoms with Gasteiger partial charge in [0.05, 0.1) is 0 Å². The lowest BCUT2D eigenvalue weighted by Gasteiger charge is -2.19. The largest absolute Gasteiger partial charge is 0.480 e. The van der Waals surface area contributed by atoms with Gasteiger partial charge < -0.3 is 15.8 Å². The zero-order valence-electron chi connectivity index (χ0n) is 10.5. The van der Waals surface area contributed by atoms with Crippen molar-refractivity contribution in [2.24, 2.45) is 5.73 Å². The highest BCUT2D eigenvalue weighted by atomic mass is 35.5. The minimum atomic E-state index is -1.24. The van der Waals surface area contributed by atoms with E-state index in [9.17, 15) is 4.79 Å². The Labute approximate surface area is 117 Å². The number of rotatable bonds is 4. The van der Waals surface area contributed by atoms with Crippen LogP contribution in [0.2, 0.25) is 0 Å². The minimum absolute atomic E-state index is 0. The topological polar surface area (TPSA) is 92.0 Å². The van der Waals surface area contributed by atoms with Crippen LogP contribution in [-0.2, 0) is 11.2 Å². The molecule has 5 nitrogen and oxygen atoms in total. The molecule has 0 fully saturated rings. The lowest BCUT2D eigenvalue weighted by molar-refractivity contribution is -0.142. The highest BCUT2D eigenvalue weighted by Crippen LogP contribution is 2.17. The van der Waals surface area contributed by atoms with Gasteiger partial charge in [-0.2, -0.15) is 0 Å². The van der Waals surface area contributed by atoms with E-state index in [2.05, 4.69) is 9.97 Å². The summed E-state index contributed by atoms with van der Waals surface area (Å²) in [6, 6.07) is 7.52. The summed E-state index contributed by atoms with van der Waals surface area (Å²) in [6.07, 6.45) is 3.73. The summed E-state index contributed by atoms with van der Waals surface area (Å²) in [5.74, 6) is -0.215. The second-order valence-corrected chi connectivity index (χ2v) is 4.53. The number of carbonyl (C=O) groups is 1. The van der Waals surface area contributed by atoms with Crippen LogP contribution in [0.5, 0.6) is 0 Å². The van der Waals surface area contributed by atoms with E-state index >= 15 is 0 Å². The monoisotopic (exact) mass is 281 g/mol. The van der Waals surface area contributed by atoms with Gasteiger partial charge in [0.15, 0.2) is 0 Å². The van der Waals surface area contributed by atoms with Gasteiger partial charge in [0.1, 0.15) is 11.4 Å². The van der Waals surface area contributed by atoms with Gasteiger partial charge in [-0.05, 0) is 12.5 Å². The number of aromatic nitrogens is 2. The molecule has 0 unspecified atom stereocenters. The molecule has 1 aromatic carbocycles. The molecule has 0 spiro atoms. The molecule has 1 atom stereocenters. The Morgan fingerprint density at radius 3 is 2.53 bits per heavy atom.